The summed E-state index contributed by atoms with van der Waals surface area (Å²) < 4.78 is 14.3. The summed E-state index contributed by atoms with van der Waals surface area (Å²) in [6, 6.07) is 7.13. The van der Waals surface area contributed by atoms with Gasteiger partial charge in [0, 0.05) is 17.6 Å². The monoisotopic (exact) mass is 340 g/mol. The van der Waals surface area contributed by atoms with E-state index < -0.39 is 10.7 Å². The molecule has 0 bridgehead atoms. The van der Waals surface area contributed by atoms with Gasteiger partial charge in [-0.3, -0.25) is 10.1 Å². The number of hydrogen-bond acceptors (Lipinski definition) is 5. The minimum Gasteiger partial charge on any atom is -0.373 e. The van der Waals surface area contributed by atoms with Crippen LogP contribution < -0.4 is 10.6 Å². The van der Waals surface area contributed by atoms with Crippen molar-refractivity contribution in [1.82, 2.24) is 4.98 Å². The largest absolute Gasteiger partial charge is 0.373 e. The van der Waals surface area contributed by atoms with Crippen molar-refractivity contribution >= 4 is 38.9 Å². The first-order valence-electron chi connectivity index (χ1n) is 5.56. The molecule has 0 atom stereocenters. The summed E-state index contributed by atoms with van der Waals surface area (Å²) in [5.41, 5.74) is -0.122. The van der Waals surface area contributed by atoms with E-state index in [-0.39, 0.29) is 17.2 Å². The second-order valence-electron chi connectivity index (χ2n) is 3.82. The Balaban J connectivity index is 2.43. The van der Waals surface area contributed by atoms with Crippen LogP contribution in [0.15, 0.2) is 34.8 Å². The zero-order valence-corrected chi connectivity index (χ0v) is 11.9. The summed E-state index contributed by atoms with van der Waals surface area (Å²) in [7, 11) is 1.64. The first-order valence-corrected chi connectivity index (χ1v) is 6.36. The number of benzene rings is 1. The number of nitrogens with one attached hydrogen (secondary N) is 2. The summed E-state index contributed by atoms with van der Waals surface area (Å²) in [5.74, 6) is -0.121. The van der Waals surface area contributed by atoms with E-state index in [2.05, 4.69) is 31.5 Å². The van der Waals surface area contributed by atoms with Gasteiger partial charge in [0.1, 0.15) is 11.6 Å². The summed E-state index contributed by atoms with van der Waals surface area (Å²) in [4.78, 5) is 14.4. The van der Waals surface area contributed by atoms with Crippen LogP contribution in [0, 0.1) is 15.9 Å². The first-order chi connectivity index (χ1) is 9.51. The highest BCUT2D eigenvalue weighted by Gasteiger charge is 2.17. The normalized spacial score (nSPS) is 10.2. The lowest BCUT2D eigenvalue weighted by Crippen LogP contribution is -2.03. The van der Waals surface area contributed by atoms with Gasteiger partial charge in [-0.2, -0.15) is 0 Å². The molecule has 2 aromatic rings. The Hall–Kier alpha value is -2.22. The molecule has 2 rings (SSSR count). The maximum absolute atomic E-state index is 13.7. The molecular weight excluding hydrogens is 331 g/mol. The van der Waals surface area contributed by atoms with Gasteiger partial charge in [0.2, 0.25) is 5.82 Å². The van der Waals surface area contributed by atoms with Crippen molar-refractivity contribution in [1.29, 1.82) is 0 Å². The maximum atomic E-state index is 13.7. The molecule has 6 nitrogen and oxygen atoms in total. The first kappa shape index (κ1) is 14.2. The van der Waals surface area contributed by atoms with E-state index in [4.69, 9.17) is 0 Å². The topological polar surface area (TPSA) is 80.1 Å². The molecule has 1 aromatic carbocycles. The van der Waals surface area contributed by atoms with E-state index in [1.165, 1.54) is 24.3 Å². The van der Waals surface area contributed by atoms with E-state index in [1.807, 2.05) is 0 Å². The van der Waals surface area contributed by atoms with E-state index >= 15 is 0 Å². The average molecular weight is 341 g/mol. The highest BCUT2D eigenvalue weighted by atomic mass is 79.9. The maximum Gasteiger partial charge on any atom is 0.311 e. The van der Waals surface area contributed by atoms with Crippen molar-refractivity contribution in [3.63, 3.8) is 0 Å². The van der Waals surface area contributed by atoms with Gasteiger partial charge in [0.25, 0.3) is 0 Å². The van der Waals surface area contributed by atoms with E-state index in [0.29, 0.717) is 10.3 Å². The van der Waals surface area contributed by atoms with Crippen LogP contribution in [-0.4, -0.2) is 17.0 Å². The van der Waals surface area contributed by atoms with Crippen LogP contribution in [0.25, 0.3) is 0 Å². The van der Waals surface area contributed by atoms with Crippen molar-refractivity contribution in [3.05, 3.63) is 50.7 Å². The van der Waals surface area contributed by atoms with E-state index in [9.17, 15) is 14.5 Å². The fraction of sp³-hybridized carbons (Fsp3) is 0.0833. The smallest absolute Gasteiger partial charge is 0.311 e. The number of halogens is 2. The average Bonchev–Trinajstić information content (AvgIpc) is 2.41. The third-order valence-corrected chi connectivity index (χ3v) is 3.00. The fourth-order valence-electron chi connectivity index (χ4n) is 1.55. The van der Waals surface area contributed by atoms with Crippen LogP contribution in [-0.2, 0) is 0 Å². The number of nitro groups is 1. The molecule has 0 radical (unpaired) electrons. The molecule has 2 N–H and O–H groups in total. The highest BCUT2D eigenvalue weighted by molar-refractivity contribution is 9.10. The zero-order valence-electron chi connectivity index (χ0n) is 10.4. The number of nitrogens with zero attached hydrogens (tertiary/aromatic N) is 2. The fourth-order valence-corrected chi connectivity index (χ4v) is 1.88. The second-order valence-corrected chi connectivity index (χ2v) is 4.74. The van der Waals surface area contributed by atoms with Crippen molar-refractivity contribution < 1.29 is 9.31 Å². The van der Waals surface area contributed by atoms with Crippen LogP contribution in [0.2, 0.25) is 0 Å². The Morgan fingerprint density at radius 3 is 2.70 bits per heavy atom. The molecular formula is C12H10BrFN4O2. The number of pyridine rings is 1. The minimum absolute atomic E-state index is 0.0249. The van der Waals surface area contributed by atoms with E-state index in [1.54, 1.807) is 13.1 Å². The number of hydrogen-bond donors (Lipinski definition) is 2. The minimum atomic E-state index is -0.578. The lowest BCUT2D eigenvalue weighted by atomic mass is 10.3. The SMILES string of the molecule is CNc1ccc([N+](=O)[O-])c(Nc2ccc(Br)cc2F)n1. The Labute approximate surface area is 122 Å². The van der Waals surface area contributed by atoms with Gasteiger partial charge in [0.15, 0.2) is 0 Å². The van der Waals surface area contributed by atoms with Gasteiger partial charge in [-0.1, -0.05) is 15.9 Å². The molecule has 0 aliphatic heterocycles. The molecule has 0 amide bonds. The Morgan fingerprint density at radius 2 is 2.10 bits per heavy atom. The molecule has 8 heteroatoms. The number of rotatable bonds is 4. The standard InChI is InChI=1S/C12H10BrFN4O2/c1-15-11-5-4-10(18(19)20)12(17-11)16-9-3-2-7(13)6-8(9)14/h2-6H,1H3,(H2,15,16,17). The molecule has 0 saturated heterocycles. The van der Waals surface area contributed by atoms with Gasteiger partial charge in [-0.05, 0) is 24.3 Å². The summed E-state index contributed by atoms with van der Waals surface area (Å²) in [6.07, 6.45) is 0. The van der Waals surface area contributed by atoms with Crippen LogP contribution >= 0.6 is 15.9 Å². The predicted octanol–water partition coefficient (Wildman–Crippen LogP) is 3.68. The van der Waals surface area contributed by atoms with E-state index in [0.717, 1.165) is 0 Å². The van der Waals surface area contributed by atoms with Gasteiger partial charge < -0.3 is 10.6 Å². The number of aromatic nitrogens is 1. The summed E-state index contributed by atoms with van der Waals surface area (Å²) in [6.45, 7) is 0. The molecule has 104 valence electrons. The second kappa shape index (κ2) is 5.83. The third kappa shape index (κ3) is 3.02. The number of anilines is 3. The van der Waals surface area contributed by atoms with Crippen molar-refractivity contribution in [2.45, 2.75) is 0 Å². The molecule has 0 saturated carbocycles. The Morgan fingerprint density at radius 1 is 1.35 bits per heavy atom. The molecule has 0 aliphatic rings. The highest BCUT2D eigenvalue weighted by Crippen LogP contribution is 2.29. The molecule has 1 heterocycles. The van der Waals surface area contributed by atoms with Crippen LogP contribution in [0.5, 0.6) is 0 Å². The third-order valence-electron chi connectivity index (χ3n) is 2.51. The van der Waals surface area contributed by atoms with Crippen LogP contribution in [0.3, 0.4) is 0 Å². The predicted molar refractivity (Wildman–Crippen MR) is 77.8 cm³/mol. The zero-order chi connectivity index (χ0) is 14.7. The van der Waals surface area contributed by atoms with Gasteiger partial charge in [-0.25, -0.2) is 9.37 Å². The molecule has 0 unspecified atom stereocenters. The lowest BCUT2D eigenvalue weighted by molar-refractivity contribution is -0.384. The van der Waals surface area contributed by atoms with Crippen molar-refractivity contribution in [2.75, 3.05) is 17.7 Å². The van der Waals surface area contributed by atoms with Gasteiger partial charge >= 0.3 is 5.69 Å². The summed E-state index contributed by atoms with van der Waals surface area (Å²) >= 11 is 3.14. The molecule has 0 spiro atoms. The van der Waals surface area contributed by atoms with Crippen molar-refractivity contribution in [3.8, 4) is 0 Å². The van der Waals surface area contributed by atoms with Crippen molar-refractivity contribution in [2.24, 2.45) is 0 Å². The Bertz CT molecular complexity index is 666. The van der Waals surface area contributed by atoms with Gasteiger partial charge in [0.05, 0.1) is 10.6 Å². The van der Waals surface area contributed by atoms with Gasteiger partial charge in [-0.15, -0.1) is 0 Å². The molecule has 1 aromatic heterocycles. The molecule has 0 aliphatic carbocycles. The lowest BCUT2D eigenvalue weighted by Gasteiger charge is -2.09. The van der Waals surface area contributed by atoms with Crippen LogP contribution in [0.4, 0.5) is 27.4 Å². The summed E-state index contributed by atoms with van der Waals surface area (Å²) in [5, 5.41) is 16.4. The Kier molecular flexibility index (Phi) is 4.14. The molecule has 0 fully saturated rings. The van der Waals surface area contributed by atoms with Crippen LogP contribution in [0.1, 0.15) is 0 Å². The quantitative estimate of drug-likeness (QED) is 0.655. The molecule has 20 heavy (non-hydrogen) atoms.